The van der Waals surface area contributed by atoms with Crippen molar-refractivity contribution < 1.29 is 14.4 Å². The minimum absolute atomic E-state index is 0.0513. The molecule has 4 nitrogen and oxygen atoms in total. The van der Waals surface area contributed by atoms with Crippen LogP contribution in [0.4, 0.5) is 0 Å². The molecule has 14 heavy (non-hydrogen) atoms. The standard InChI is InChI=1S/C10H13NO3/c1-7(13-2)8-3-4-9(6-12)10(5-8)14-11/h3-7H,11H2,1-2H3. The molecule has 0 heterocycles. The maximum Gasteiger partial charge on any atom is 0.157 e. The molecule has 0 aliphatic heterocycles. The number of benzene rings is 1. The predicted molar refractivity (Wildman–Crippen MR) is 52.1 cm³/mol. The molecule has 0 aliphatic carbocycles. The summed E-state index contributed by atoms with van der Waals surface area (Å²) < 4.78 is 5.12. The van der Waals surface area contributed by atoms with Crippen LogP contribution in [0.25, 0.3) is 0 Å². The van der Waals surface area contributed by atoms with Crippen molar-refractivity contribution in [3.8, 4) is 5.75 Å². The van der Waals surface area contributed by atoms with Gasteiger partial charge in [-0.2, -0.15) is 5.90 Å². The highest BCUT2D eigenvalue weighted by molar-refractivity contribution is 5.79. The van der Waals surface area contributed by atoms with Crippen LogP contribution in [-0.4, -0.2) is 13.4 Å². The van der Waals surface area contributed by atoms with Gasteiger partial charge in [0.2, 0.25) is 0 Å². The molecule has 0 fully saturated rings. The number of hydrogen-bond acceptors (Lipinski definition) is 4. The fraction of sp³-hybridized carbons (Fsp3) is 0.300. The summed E-state index contributed by atoms with van der Waals surface area (Å²) in [5.41, 5.74) is 1.35. The molecule has 0 saturated heterocycles. The molecule has 1 rings (SSSR count). The highest BCUT2D eigenvalue weighted by Gasteiger charge is 2.08. The fourth-order valence-electron chi connectivity index (χ4n) is 1.14. The van der Waals surface area contributed by atoms with E-state index in [1.165, 1.54) is 0 Å². The van der Waals surface area contributed by atoms with Crippen molar-refractivity contribution in [1.82, 2.24) is 0 Å². The Morgan fingerprint density at radius 2 is 2.21 bits per heavy atom. The minimum atomic E-state index is -0.0513. The van der Waals surface area contributed by atoms with Crippen LogP contribution in [0.1, 0.15) is 28.9 Å². The molecule has 0 radical (unpaired) electrons. The fourth-order valence-corrected chi connectivity index (χ4v) is 1.14. The third-order valence-corrected chi connectivity index (χ3v) is 2.11. The van der Waals surface area contributed by atoms with Gasteiger partial charge in [0.05, 0.1) is 11.7 Å². The van der Waals surface area contributed by atoms with Gasteiger partial charge in [0.15, 0.2) is 12.0 Å². The molecule has 76 valence electrons. The first kappa shape index (κ1) is 10.7. The molecule has 0 aromatic heterocycles. The predicted octanol–water partition coefficient (Wildman–Crippen LogP) is 1.46. The molecular weight excluding hydrogens is 182 g/mol. The van der Waals surface area contributed by atoms with Crippen LogP contribution < -0.4 is 10.7 Å². The van der Waals surface area contributed by atoms with Crippen LogP contribution in [-0.2, 0) is 4.74 Å². The van der Waals surface area contributed by atoms with E-state index >= 15 is 0 Å². The Hall–Kier alpha value is -1.39. The Kier molecular flexibility index (Phi) is 3.62. The highest BCUT2D eigenvalue weighted by Crippen LogP contribution is 2.23. The molecule has 1 unspecified atom stereocenters. The molecule has 0 aliphatic rings. The Bertz CT molecular complexity index is 325. The molecule has 1 aromatic rings. The van der Waals surface area contributed by atoms with Gasteiger partial charge in [-0.15, -0.1) is 0 Å². The van der Waals surface area contributed by atoms with Crippen molar-refractivity contribution in [1.29, 1.82) is 0 Å². The van der Waals surface area contributed by atoms with Gasteiger partial charge in [0.25, 0.3) is 0 Å². The molecule has 1 aromatic carbocycles. The Balaban J connectivity index is 3.07. The smallest absolute Gasteiger partial charge is 0.157 e. The van der Waals surface area contributed by atoms with E-state index in [1.807, 2.05) is 6.92 Å². The van der Waals surface area contributed by atoms with E-state index in [-0.39, 0.29) is 6.10 Å². The normalized spacial score (nSPS) is 12.2. The van der Waals surface area contributed by atoms with Crippen LogP contribution >= 0.6 is 0 Å². The first-order valence-electron chi connectivity index (χ1n) is 4.21. The largest absolute Gasteiger partial charge is 0.411 e. The van der Waals surface area contributed by atoms with Crippen LogP contribution in [0.15, 0.2) is 18.2 Å². The number of rotatable bonds is 4. The van der Waals surface area contributed by atoms with E-state index in [4.69, 9.17) is 10.6 Å². The van der Waals surface area contributed by atoms with Gasteiger partial charge < -0.3 is 9.57 Å². The number of aldehydes is 1. The second-order valence-electron chi connectivity index (χ2n) is 2.91. The summed E-state index contributed by atoms with van der Waals surface area (Å²) in [6.45, 7) is 1.90. The lowest BCUT2D eigenvalue weighted by Gasteiger charge is -2.11. The second-order valence-corrected chi connectivity index (χ2v) is 2.91. The van der Waals surface area contributed by atoms with Crippen molar-refractivity contribution in [3.05, 3.63) is 29.3 Å². The van der Waals surface area contributed by atoms with Crippen LogP contribution in [0.5, 0.6) is 5.75 Å². The lowest BCUT2D eigenvalue weighted by molar-refractivity contribution is 0.111. The number of hydrogen-bond donors (Lipinski definition) is 1. The van der Waals surface area contributed by atoms with Crippen molar-refractivity contribution in [2.75, 3.05) is 7.11 Å². The number of carbonyl (C=O) groups is 1. The van der Waals surface area contributed by atoms with Gasteiger partial charge in [0.1, 0.15) is 0 Å². The van der Waals surface area contributed by atoms with Gasteiger partial charge in [-0.1, -0.05) is 6.07 Å². The maximum absolute atomic E-state index is 10.6. The summed E-state index contributed by atoms with van der Waals surface area (Å²) in [5, 5.41) is 0. The average Bonchev–Trinajstić information content (AvgIpc) is 2.26. The zero-order valence-electron chi connectivity index (χ0n) is 8.19. The van der Waals surface area contributed by atoms with Crippen LogP contribution in [0, 0.1) is 0 Å². The van der Waals surface area contributed by atoms with Crippen LogP contribution in [0.2, 0.25) is 0 Å². The van der Waals surface area contributed by atoms with Crippen molar-refractivity contribution in [2.24, 2.45) is 5.90 Å². The summed E-state index contributed by atoms with van der Waals surface area (Å²) >= 11 is 0. The number of ether oxygens (including phenoxy) is 1. The maximum atomic E-state index is 10.6. The molecule has 0 amide bonds. The summed E-state index contributed by atoms with van der Waals surface area (Å²) in [6.07, 6.45) is 0.647. The molecule has 0 spiro atoms. The Morgan fingerprint density at radius 1 is 1.50 bits per heavy atom. The molecule has 2 N–H and O–H groups in total. The summed E-state index contributed by atoms with van der Waals surface area (Å²) in [6, 6.07) is 5.15. The summed E-state index contributed by atoms with van der Waals surface area (Å²) in [4.78, 5) is 15.2. The first-order chi connectivity index (χ1) is 6.72. The molecule has 1 atom stereocenters. The monoisotopic (exact) mass is 195 g/mol. The van der Waals surface area contributed by atoms with E-state index in [9.17, 15) is 4.79 Å². The number of nitrogens with two attached hydrogens (primary N) is 1. The number of methoxy groups -OCH3 is 1. The lowest BCUT2D eigenvalue weighted by Crippen LogP contribution is -2.06. The first-order valence-corrected chi connectivity index (χ1v) is 4.21. The van der Waals surface area contributed by atoms with Crippen molar-refractivity contribution in [2.45, 2.75) is 13.0 Å². The summed E-state index contributed by atoms with van der Waals surface area (Å²) in [5.74, 6) is 5.40. The molecular formula is C10H13NO3. The lowest BCUT2D eigenvalue weighted by atomic mass is 10.1. The average molecular weight is 195 g/mol. The zero-order chi connectivity index (χ0) is 10.6. The molecule has 0 bridgehead atoms. The quantitative estimate of drug-likeness (QED) is 0.583. The third-order valence-electron chi connectivity index (χ3n) is 2.11. The van der Waals surface area contributed by atoms with Gasteiger partial charge in [-0.3, -0.25) is 4.79 Å². The molecule has 0 saturated carbocycles. The summed E-state index contributed by atoms with van der Waals surface area (Å²) in [7, 11) is 1.61. The van der Waals surface area contributed by atoms with E-state index in [1.54, 1.807) is 25.3 Å². The minimum Gasteiger partial charge on any atom is -0.411 e. The van der Waals surface area contributed by atoms with Crippen molar-refractivity contribution >= 4 is 6.29 Å². The van der Waals surface area contributed by atoms with E-state index in [0.717, 1.165) is 5.56 Å². The number of carbonyl (C=O) groups excluding carboxylic acids is 1. The van der Waals surface area contributed by atoms with E-state index in [2.05, 4.69) is 4.84 Å². The van der Waals surface area contributed by atoms with Gasteiger partial charge in [-0.25, -0.2) is 0 Å². The van der Waals surface area contributed by atoms with E-state index in [0.29, 0.717) is 17.6 Å². The zero-order valence-corrected chi connectivity index (χ0v) is 8.19. The van der Waals surface area contributed by atoms with Gasteiger partial charge >= 0.3 is 0 Å². The second kappa shape index (κ2) is 4.74. The van der Waals surface area contributed by atoms with Crippen molar-refractivity contribution in [3.63, 3.8) is 0 Å². The van der Waals surface area contributed by atoms with Gasteiger partial charge in [-0.05, 0) is 24.6 Å². The van der Waals surface area contributed by atoms with Gasteiger partial charge in [0, 0.05) is 7.11 Å². The Labute approximate surface area is 82.6 Å². The Morgan fingerprint density at radius 3 is 2.71 bits per heavy atom. The SMILES string of the molecule is COC(C)c1ccc(C=O)c(ON)c1. The third kappa shape index (κ3) is 2.10. The highest BCUT2D eigenvalue weighted by atomic mass is 16.6. The topological polar surface area (TPSA) is 61.5 Å². The van der Waals surface area contributed by atoms with Crippen LogP contribution in [0.3, 0.4) is 0 Å². The molecule has 4 heteroatoms. The van der Waals surface area contributed by atoms with E-state index < -0.39 is 0 Å².